The van der Waals surface area contributed by atoms with Crippen LogP contribution in [0.15, 0.2) is 59.6 Å². The number of sulfone groups is 1. The molecule has 0 atom stereocenters. The lowest BCUT2D eigenvalue weighted by molar-refractivity contribution is 0.379. The highest BCUT2D eigenvalue weighted by atomic mass is 32.2. The van der Waals surface area contributed by atoms with Gasteiger partial charge in [-0.15, -0.1) is 0 Å². The molecule has 2 aromatic carbocycles. The van der Waals surface area contributed by atoms with E-state index in [9.17, 15) is 18.6 Å². The second-order valence-corrected chi connectivity index (χ2v) is 6.80. The minimum Gasteiger partial charge on any atom is -0.504 e. The maximum atomic E-state index is 12.3. The van der Waals surface area contributed by atoms with Crippen LogP contribution in [-0.2, 0) is 9.84 Å². The third-order valence-corrected chi connectivity index (χ3v) is 4.67. The van der Waals surface area contributed by atoms with Crippen LogP contribution in [0, 0.1) is 0 Å². The van der Waals surface area contributed by atoms with Crippen molar-refractivity contribution in [2.75, 3.05) is 5.94 Å². The van der Waals surface area contributed by atoms with Crippen molar-refractivity contribution in [3.8, 4) is 17.2 Å². The largest absolute Gasteiger partial charge is 0.504 e. The predicted molar refractivity (Wildman–Crippen MR) is 84.2 cm³/mol. The number of pyridine rings is 1. The molecule has 0 aliphatic heterocycles. The number of nitrogens with zero attached hydrogens (tertiary/aromatic N) is 1. The van der Waals surface area contributed by atoms with Crippen molar-refractivity contribution in [2.24, 2.45) is 0 Å². The Labute approximate surface area is 132 Å². The summed E-state index contributed by atoms with van der Waals surface area (Å²) in [6.07, 6.45) is 1.60. The van der Waals surface area contributed by atoms with Crippen LogP contribution >= 0.6 is 0 Å². The molecule has 0 saturated heterocycles. The first-order chi connectivity index (χ1) is 11.0. The van der Waals surface area contributed by atoms with Gasteiger partial charge in [0, 0.05) is 17.6 Å². The second-order valence-electron chi connectivity index (χ2n) is 4.86. The Kier molecular flexibility index (Phi) is 3.79. The zero-order chi connectivity index (χ0) is 16.4. The van der Waals surface area contributed by atoms with Crippen LogP contribution in [0.4, 0.5) is 0 Å². The molecule has 0 unspecified atom stereocenters. The summed E-state index contributed by atoms with van der Waals surface area (Å²) in [5.41, 5.74) is 0.568. The smallest absolute Gasteiger partial charge is 0.213 e. The fourth-order valence-electron chi connectivity index (χ4n) is 2.10. The van der Waals surface area contributed by atoms with E-state index >= 15 is 0 Å². The van der Waals surface area contributed by atoms with Crippen molar-refractivity contribution < 1.29 is 23.4 Å². The monoisotopic (exact) mass is 331 g/mol. The lowest BCUT2D eigenvalue weighted by Gasteiger charge is -2.10. The van der Waals surface area contributed by atoms with E-state index in [0.717, 1.165) is 17.5 Å². The minimum atomic E-state index is -3.79. The third-order valence-electron chi connectivity index (χ3n) is 3.27. The first kappa shape index (κ1) is 15.1. The number of hydrogen-bond donors (Lipinski definition) is 2. The van der Waals surface area contributed by atoms with Gasteiger partial charge in [-0.2, -0.15) is 0 Å². The molecule has 0 bridgehead atoms. The lowest BCUT2D eigenvalue weighted by atomic mass is 10.2. The SMILES string of the molecule is O=S(=O)(COc1cccc2cccnc12)c1ccc(O)c(O)c1. The van der Waals surface area contributed by atoms with E-state index in [1.807, 2.05) is 12.1 Å². The number of rotatable bonds is 4. The van der Waals surface area contributed by atoms with Crippen LogP contribution in [-0.4, -0.2) is 29.6 Å². The van der Waals surface area contributed by atoms with Gasteiger partial charge in [0.1, 0.15) is 11.3 Å². The molecule has 3 rings (SSSR count). The molecule has 0 saturated carbocycles. The highest BCUT2D eigenvalue weighted by molar-refractivity contribution is 7.91. The molecule has 1 aromatic heterocycles. The topological polar surface area (TPSA) is 96.7 Å². The molecule has 0 aliphatic carbocycles. The van der Waals surface area contributed by atoms with Gasteiger partial charge < -0.3 is 14.9 Å². The molecule has 118 valence electrons. The summed E-state index contributed by atoms with van der Waals surface area (Å²) in [7, 11) is -3.79. The van der Waals surface area contributed by atoms with Gasteiger partial charge in [-0.1, -0.05) is 18.2 Å². The molecule has 0 fully saturated rings. The molecule has 23 heavy (non-hydrogen) atoms. The van der Waals surface area contributed by atoms with Crippen molar-refractivity contribution in [3.63, 3.8) is 0 Å². The Hall–Kier alpha value is -2.80. The van der Waals surface area contributed by atoms with Crippen molar-refractivity contribution in [1.82, 2.24) is 4.98 Å². The highest BCUT2D eigenvalue weighted by Gasteiger charge is 2.18. The molecule has 7 heteroatoms. The minimum absolute atomic E-state index is 0.138. The number of aromatic hydroxyl groups is 2. The fourth-order valence-corrected chi connectivity index (χ4v) is 3.08. The van der Waals surface area contributed by atoms with E-state index in [0.29, 0.717) is 11.3 Å². The number of aromatic nitrogens is 1. The second kappa shape index (κ2) is 5.77. The fraction of sp³-hybridized carbons (Fsp3) is 0.0625. The predicted octanol–water partition coefficient (Wildman–Crippen LogP) is 2.46. The summed E-state index contributed by atoms with van der Waals surface area (Å²) < 4.78 is 29.9. The first-order valence-electron chi connectivity index (χ1n) is 6.69. The van der Waals surface area contributed by atoms with Crippen molar-refractivity contribution in [2.45, 2.75) is 4.90 Å². The van der Waals surface area contributed by atoms with Gasteiger partial charge in [-0.3, -0.25) is 4.98 Å². The molecule has 0 radical (unpaired) electrons. The summed E-state index contributed by atoms with van der Waals surface area (Å²) in [5.74, 6) is -1.14. The van der Waals surface area contributed by atoms with Crippen LogP contribution in [0.5, 0.6) is 17.2 Å². The maximum Gasteiger partial charge on any atom is 0.213 e. The molecular formula is C16H13NO5S. The number of phenols is 2. The van der Waals surface area contributed by atoms with Crippen LogP contribution in [0.25, 0.3) is 10.9 Å². The molecule has 0 aliphatic rings. The van der Waals surface area contributed by atoms with E-state index in [-0.39, 0.29) is 10.6 Å². The number of phenolic OH excluding ortho intramolecular Hbond substituents is 2. The van der Waals surface area contributed by atoms with E-state index < -0.39 is 21.5 Å². The molecule has 6 nitrogen and oxygen atoms in total. The van der Waals surface area contributed by atoms with E-state index in [4.69, 9.17) is 4.74 Å². The van der Waals surface area contributed by atoms with Crippen LogP contribution in [0.1, 0.15) is 0 Å². The molecule has 1 heterocycles. The Balaban J connectivity index is 1.87. The van der Waals surface area contributed by atoms with Crippen LogP contribution in [0.3, 0.4) is 0 Å². The van der Waals surface area contributed by atoms with E-state index in [1.165, 1.54) is 6.07 Å². The summed E-state index contributed by atoms with van der Waals surface area (Å²) in [6.45, 7) is 0. The summed E-state index contributed by atoms with van der Waals surface area (Å²) in [4.78, 5) is 4.05. The average molecular weight is 331 g/mol. The zero-order valence-electron chi connectivity index (χ0n) is 11.9. The zero-order valence-corrected chi connectivity index (χ0v) is 12.7. The molecule has 2 N–H and O–H groups in total. The van der Waals surface area contributed by atoms with Crippen molar-refractivity contribution in [3.05, 3.63) is 54.7 Å². The van der Waals surface area contributed by atoms with Gasteiger partial charge >= 0.3 is 0 Å². The van der Waals surface area contributed by atoms with Crippen LogP contribution < -0.4 is 4.74 Å². The average Bonchev–Trinajstić information content (AvgIpc) is 2.55. The van der Waals surface area contributed by atoms with Gasteiger partial charge in [0.2, 0.25) is 9.84 Å². The van der Waals surface area contributed by atoms with Gasteiger partial charge in [0.25, 0.3) is 0 Å². The number of hydrogen-bond acceptors (Lipinski definition) is 6. The number of fused-ring (bicyclic) bond motifs is 1. The van der Waals surface area contributed by atoms with Crippen LogP contribution in [0.2, 0.25) is 0 Å². The van der Waals surface area contributed by atoms with Crippen molar-refractivity contribution in [1.29, 1.82) is 0 Å². The first-order valence-corrected chi connectivity index (χ1v) is 8.34. The van der Waals surface area contributed by atoms with Crippen molar-refractivity contribution >= 4 is 20.7 Å². The third kappa shape index (κ3) is 3.04. The van der Waals surface area contributed by atoms with Gasteiger partial charge in [-0.05, 0) is 24.3 Å². The number of benzene rings is 2. The van der Waals surface area contributed by atoms with E-state index in [2.05, 4.69) is 4.98 Å². The van der Waals surface area contributed by atoms with Gasteiger partial charge in [0.15, 0.2) is 17.4 Å². The Morgan fingerprint density at radius 3 is 2.57 bits per heavy atom. The summed E-state index contributed by atoms with van der Waals surface area (Å²) in [6, 6.07) is 12.2. The van der Waals surface area contributed by atoms with Gasteiger partial charge in [-0.25, -0.2) is 8.42 Å². The summed E-state index contributed by atoms with van der Waals surface area (Å²) in [5, 5.41) is 19.5. The maximum absolute atomic E-state index is 12.3. The highest BCUT2D eigenvalue weighted by Crippen LogP contribution is 2.28. The van der Waals surface area contributed by atoms with Gasteiger partial charge in [0.05, 0.1) is 4.90 Å². The Bertz CT molecular complexity index is 964. The molecule has 0 amide bonds. The number of para-hydroxylation sites is 1. The molecule has 3 aromatic rings. The molecule has 0 spiro atoms. The van der Waals surface area contributed by atoms with E-state index in [1.54, 1.807) is 24.4 Å². The number of ether oxygens (including phenoxy) is 1. The standard InChI is InChI=1S/C16H13NO5S/c18-13-7-6-12(9-14(13)19)23(20,21)10-22-15-5-1-3-11-4-2-8-17-16(11)15/h1-9,18-19H,10H2. The lowest BCUT2D eigenvalue weighted by Crippen LogP contribution is -2.12. The normalized spacial score (nSPS) is 11.5. The Morgan fingerprint density at radius 1 is 1.00 bits per heavy atom. The molecular weight excluding hydrogens is 318 g/mol. The quantitative estimate of drug-likeness (QED) is 0.713. The summed E-state index contributed by atoms with van der Waals surface area (Å²) >= 11 is 0. The Morgan fingerprint density at radius 2 is 1.78 bits per heavy atom.